The number of fused-ring (bicyclic) bond motifs is 1. The van der Waals surface area contributed by atoms with Crippen molar-refractivity contribution in [2.24, 2.45) is 0 Å². The summed E-state index contributed by atoms with van der Waals surface area (Å²) in [4.78, 5) is 20.1. The van der Waals surface area contributed by atoms with Gasteiger partial charge in [-0.1, -0.05) is 11.6 Å². The van der Waals surface area contributed by atoms with Gasteiger partial charge in [-0.2, -0.15) is 0 Å². The second-order valence-corrected chi connectivity index (χ2v) is 6.80. The number of carbonyl (C=O) groups excluding carboxylic acids is 1. The SMILES string of the molecule is O=C(c1cc2cc(Cl)ccc2o1)N1CC[NH+](Cc2ccncc2)CC1. The highest BCUT2D eigenvalue weighted by atomic mass is 35.5. The first-order chi connectivity index (χ1) is 12.2. The molecule has 25 heavy (non-hydrogen) atoms. The van der Waals surface area contributed by atoms with Gasteiger partial charge in [0, 0.05) is 28.4 Å². The van der Waals surface area contributed by atoms with Gasteiger partial charge in [-0.05, 0) is 36.4 Å². The van der Waals surface area contributed by atoms with E-state index >= 15 is 0 Å². The lowest BCUT2D eigenvalue weighted by atomic mass is 10.2. The molecule has 0 radical (unpaired) electrons. The average Bonchev–Trinajstić information content (AvgIpc) is 3.06. The predicted molar refractivity (Wildman–Crippen MR) is 95.8 cm³/mol. The van der Waals surface area contributed by atoms with Crippen molar-refractivity contribution in [1.82, 2.24) is 9.88 Å². The van der Waals surface area contributed by atoms with E-state index in [-0.39, 0.29) is 5.91 Å². The van der Waals surface area contributed by atoms with Gasteiger partial charge in [0.25, 0.3) is 5.91 Å². The Morgan fingerprint density at radius 2 is 1.92 bits per heavy atom. The van der Waals surface area contributed by atoms with E-state index in [2.05, 4.69) is 4.98 Å². The van der Waals surface area contributed by atoms with Crippen molar-refractivity contribution in [2.75, 3.05) is 26.2 Å². The highest BCUT2D eigenvalue weighted by Crippen LogP contribution is 2.23. The molecule has 1 aromatic carbocycles. The van der Waals surface area contributed by atoms with Crippen LogP contribution < -0.4 is 4.90 Å². The molecule has 3 heterocycles. The summed E-state index contributed by atoms with van der Waals surface area (Å²) in [7, 11) is 0. The van der Waals surface area contributed by atoms with Crippen molar-refractivity contribution in [3.8, 4) is 0 Å². The summed E-state index contributed by atoms with van der Waals surface area (Å²) < 4.78 is 5.70. The largest absolute Gasteiger partial charge is 0.451 e. The molecule has 1 fully saturated rings. The van der Waals surface area contributed by atoms with E-state index in [1.807, 2.05) is 35.5 Å². The fourth-order valence-corrected chi connectivity index (χ4v) is 3.45. The number of amides is 1. The van der Waals surface area contributed by atoms with Crippen LogP contribution in [0, 0.1) is 0 Å². The maximum absolute atomic E-state index is 12.7. The molecule has 0 unspecified atom stereocenters. The van der Waals surface area contributed by atoms with Gasteiger partial charge in [-0.25, -0.2) is 0 Å². The van der Waals surface area contributed by atoms with E-state index in [0.29, 0.717) is 16.4 Å². The summed E-state index contributed by atoms with van der Waals surface area (Å²) in [6.45, 7) is 4.29. The summed E-state index contributed by atoms with van der Waals surface area (Å²) >= 11 is 6.00. The Hall–Kier alpha value is -2.37. The zero-order valence-corrected chi connectivity index (χ0v) is 14.5. The Morgan fingerprint density at radius 3 is 2.68 bits per heavy atom. The molecule has 2 aromatic heterocycles. The summed E-state index contributed by atoms with van der Waals surface area (Å²) in [6.07, 6.45) is 3.64. The molecule has 0 aliphatic carbocycles. The number of quaternary nitrogens is 1. The van der Waals surface area contributed by atoms with Crippen LogP contribution in [0.3, 0.4) is 0 Å². The number of aromatic nitrogens is 1. The minimum absolute atomic E-state index is 0.0460. The lowest BCUT2D eigenvalue weighted by Gasteiger charge is -2.31. The molecule has 3 aromatic rings. The molecule has 4 rings (SSSR count). The monoisotopic (exact) mass is 356 g/mol. The Morgan fingerprint density at radius 1 is 1.16 bits per heavy atom. The minimum atomic E-state index is -0.0460. The van der Waals surface area contributed by atoms with Gasteiger partial charge in [0.15, 0.2) is 5.76 Å². The number of rotatable bonds is 3. The molecule has 0 bridgehead atoms. The average molecular weight is 357 g/mol. The van der Waals surface area contributed by atoms with E-state index in [9.17, 15) is 4.79 Å². The number of hydrogen-bond donors (Lipinski definition) is 1. The Kier molecular flexibility index (Phi) is 4.42. The van der Waals surface area contributed by atoms with Crippen LogP contribution in [0.4, 0.5) is 0 Å². The number of nitrogens with zero attached hydrogens (tertiary/aromatic N) is 2. The van der Waals surface area contributed by atoms with Crippen molar-refractivity contribution in [3.05, 3.63) is 65.1 Å². The molecule has 1 saturated heterocycles. The fraction of sp³-hybridized carbons (Fsp3) is 0.263. The maximum Gasteiger partial charge on any atom is 0.290 e. The van der Waals surface area contributed by atoms with Crippen LogP contribution in [-0.4, -0.2) is 42.0 Å². The molecule has 6 heteroatoms. The Bertz CT molecular complexity index is 886. The quantitative estimate of drug-likeness (QED) is 0.781. The highest BCUT2D eigenvalue weighted by molar-refractivity contribution is 6.31. The number of pyridine rings is 1. The lowest BCUT2D eigenvalue weighted by Crippen LogP contribution is -3.13. The van der Waals surface area contributed by atoms with E-state index in [1.165, 1.54) is 10.5 Å². The van der Waals surface area contributed by atoms with E-state index in [4.69, 9.17) is 16.0 Å². The van der Waals surface area contributed by atoms with Crippen LogP contribution >= 0.6 is 11.6 Å². The van der Waals surface area contributed by atoms with Gasteiger partial charge in [0.05, 0.1) is 26.2 Å². The van der Waals surface area contributed by atoms with Gasteiger partial charge in [-0.3, -0.25) is 9.78 Å². The van der Waals surface area contributed by atoms with Crippen LogP contribution in [0.2, 0.25) is 5.02 Å². The molecular weight excluding hydrogens is 338 g/mol. The van der Waals surface area contributed by atoms with Crippen molar-refractivity contribution in [1.29, 1.82) is 0 Å². The maximum atomic E-state index is 12.7. The smallest absolute Gasteiger partial charge is 0.290 e. The van der Waals surface area contributed by atoms with Gasteiger partial charge < -0.3 is 14.2 Å². The zero-order chi connectivity index (χ0) is 17.2. The van der Waals surface area contributed by atoms with Gasteiger partial charge in [-0.15, -0.1) is 0 Å². The lowest BCUT2D eigenvalue weighted by molar-refractivity contribution is -0.917. The number of furan rings is 1. The van der Waals surface area contributed by atoms with Crippen LogP contribution in [0.25, 0.3) is 11.0 Å². The summed E-state index contributed by atoms with van der Waals surface area (Å²) in [6, 6.07) is 11.2. The summed E-state index contributed by atoms with van der Waals surface area (Å²) in [5, 5.41) is 1.50. The second-order valence-electron chi connectivity index (χ2n) is 6.37. The third-order valence-electron chi connectivity index (χ3n) is 4.65. The normalized spacial score (nSPS) is 15.6. The molecule has 1 amide bonds. The van der Waals surface area contributed by atoms with E-state index in [1.54, 1.807) is 18.2 Å². The molecular formula is C19H19ClN3O2+. The highest BCUT2D eigenvalue weighted by Gasteiger charge is 2.26. The van der Waals surface area contributed by atoms with E-state index in [0.717, 1.165) is 38.1 Å². The molecule has 1 aliphatic rings. The topological polar surface area (TPSA) is 50.8 Å². The standard InChI is InChI=1S/C19H18ClN3O2/c20-16-1-2-17-15(11-16)12-18(25-17)19(24)23-9-7-22(8-10-23)13-14-3-5-21-6-4-14/h1-6,11-12H,7-10,13H2/p+1. The first-order valence-corrected chi connectivity index (χ1v) is 8.78. The molecule has 1 aliphatic heterocycles. The summed E-state index contributed by atoms with van der Waals surface area (Å²) in [5.41, 5.74) is 1.97. The minimum Gasteiger partial charge on any atom is -0.451 e. The fourth-order valence-electron chi connectivity index (χ4n) is 3.27. The zero-order valence-electron chi connectivity index (χ0n) is 13.7. The third-order valence-corrected chi connectivity index (χ3v) is 4.89. The predicted octanol–water partition coefficient (Wildman–Crippen LogP) is 2.02. The number of carbonyl (C=O) groups is 1. The van der Waals surface area contributed by atoms with Crippen molar-refractivity contribution < 1.29 is 14.1 Å². The molecule has 0 spiro atoms. The van der Waals surface area contributed by atoms with Crippen LogP contribution in [0.15, 0.2) is 53.2 Å². The first kappa shape index (κ1) is 16.1. The Balaban J connectivity index is 1.40. The molecule has 0 atom stereocenters. The molecule has 0 saturated carbocycles. The Labute approximate surface area is 150 Å². The van der Waals surface area contributed by atoms with Crippen molar-refractivity contribution in [2.45, 2.75) is 6.54 Å². The number of hydrogen-bond acceptors (Lipinski definition) is 3. The van der Waals surface area contributed by atoms with Crippen molar-refractivity contribution in [3.63, 3.8) is 0 Å². The number of nitrogens with one attached hydrogen (secondary N) is 1. The summed E-state index contributed by atoms with van der Waals surface area (Å²) in [5.74, 6) is 0.338. The van der Waals surface area contributed by atoms with Crippen molar-refractivity contribution >= 4 is 28.5 Å². The van der Waals surface area contributed by atoms with Gasteiger partial charge in [0.2, 0.25) is 0 Å². The number of benzene rings is 1. The number of piperazine rings is 1. The van der Waals surface area contributed by atoms with Crippen LogP contribution in [0.5, 0.6) is 0 Å². The first-order valence-electron chi connectivity index (χ1n) is 8.40. The third kappa shape index (κ3) is 3.52. The van der Waals surface area contributed by atoms with Crippen LogP contribution in [0.1, 0.15) is 16.1 Å². The molecule has 1 N–H and O–H groups in total. The van der Waals surface area contributed by atoms with Gasteiger partial charge >= 0.3 is 0 Å². The second kappa shape index (κ2) is 6.86. The number of halogens is 1. The molecule has 5 nitrogen and oxygen atoms in total. The van der Waals surface area contributed by atoms with Gasteiger partial charge in [0.1, 0.15) is 12.1 Å². The molecule has 128 valence electrons. The van der Waals surface area contributed by atoms with E-state index < -0.39 is 0 Å². The van der Waals surface area contributed by atoms with Crippen LogP contribution in [-0.2, 0) is 6.54 Å².